The minimum atomic E-state index is -0.370. The highest BCUT2D eigenvalue weighted by Gasteiger charge is 2.10. The summed E-state index contributed by atoms with van der Waals surface area (Å²) in [6, 6.07) is 23.5. The third-order valence-corrected chi connectivity index (χ3v) is 9.50. The number of carbonyl (C=O) groups excluding carboxylic acids is 1. The van der Waals surface area contributed by atoms with Crippen LogP contribution in [0.2, 0.25) is 0 Å². The molecule has 0 aliphatic rings. The Labute approximate surface area is 299 Å². The summed E-state index contributed by atoms with van der Waals surface area (Å²) in [5, 5.41) is 0. The first-order valence-electron chi connectivity index (χ1n) is 19.9. The fourth-order valence-corrected chi connectivity index (χ4v) is 6.24. The molecule has 0 bridgehead atoms. The number of carbonyl (C=O) groups is 1. The van der Waals surface area contributed by atoms with E-state index in [1.807, 2.05) is 36.4 Å². The lowest BCUT2D eigenvalue weighted by molar-refractivity contribution is 0.0627. The molecule has 0 amide bonds. The number of rotatable bonds is 28. The van der Waals surface area contributed by atoms with Gasteiger partial charge in [0.15, 0.2) is 0 Å². The van der Waals surface area contributed by atoms with Crippen LogP contribution in [0, 0.1) is 0 Å². The van der Waals surface area contributed by atoms with Gasteiger partial charge in [-0.2, -0.15) is 0 Å². The van der Waals surface area contributed by atoms with E-state index in [-0.39, 0.29) is 12.1 Å². The summed E-state index contributed by atoms with van der Waals surface area (Å²) in [5.41, 5.74) is 3.90. The Kier molecular flexibility index (Phi) is 21.2. The van der Waals surface area contributed by atoms with Gasteiger partial charge in [-0.15, -0.1) is 0 Å². The maximum Gasteiger partial charge on any atom is 0.343 e. The highest BCUT2D eigenvalue weighted by Crippen LogP contribution is 2.26. The third-order valence-electron chi connectivity index (χ3n) is 9.50. The molecule has 270 valence electrons. The molecule has 0 N–H and O–H groups in total. The Bertz CT molecular complexity index is 1230. The molecular formula is C45H66O4. The van der Waals surface area contributed by atoms with Gasteiger partial charge in [-0.05, 0) is 72.9 Å². The monoisotopic (exact) mass is 670 g/mol. The number of benzene rings is 3. The molecule has 0 saturated heterocycles. The topological polar surface area (TPSA) is 44.8 Å². The predicted octanol–water partition coefficient (Wildman–Crippen LogP) is 13.9. The van der Waals surface area contributed by atoms with Crippen LogP contribution >= 0.6 is 0 Å². The molecule has 0 aliphatic carbocycles. The molecule has 0 fully saturated rings. The molecule has 49 heavy (non-hydrogen) atoms. The van der Waals surface area contributed by atoms with Crippen molar-refractivity contribution in [3.63, 3.8) is 0 Å². The molecular weight excluding hydrogens is 604 g/mol. The van der Waals surface area contributed by atoms with Crippen molar-refractivity contribution in [2.45, 2.75) is 155 Å². The van der Waals surface area contributed by atoms with Gasteiger partial charge in [0.2, 0.25) is 0 Å². The summed E-state index contributed by atoms with van der Waals surface area (Å²) in [6.07, 6.45) is 26.5. The number of hydrogen-bond acceptors (Lipinski definition) is 4. The van der Waals surface area contributed by atoms with Crippen LogP contribution in [0.5, 0.6) is 11.5 Å². The van der Waals surface area contributed by atoms with Crippen molar-refractivity contribution in [2.24, 2.45) is 0 Å². The Morgan fingerprint density at radius 2 is 0.898 bits per heavy atom. The zero-order chi connectivity index (χ0) is 34.8. The fourth-order valence-electron chi connectivity index (χ4n) is 6.24. The van der Waals surface area contributed by atoms with Crippen molar-refractivity contribution >= 4 is 5.97 Å². The van der Waals surface area contributed by atoms with Gasteiger partial charge in [-0.1, -0.05) is 166 Å². The first-order valence-corrected chi connectivity index (χ1v) is 19.9. The largest absolute Gasteiger partial charge is 0.494 e. The summed E-state index contributed by atoms with van der Waals surface area (Å²) >= 11 is 0. The second-order valence-electron chi connectivity index (χ2n) is 13.8. The molecule has 3 aromatic rings. The van der Waals surface area contributed by atoms with Crippen LogP contribution in [-0.2, 0) is 4.74 Å². The van der Waals surface area contributed by atoms with Crippen LogP contribution in [0.25, 0.3) is 11.1 Å². The molecule has 3 aromatic carbocycles. The SMILES string of the molecule is CCCCCCCCCCCCCCCOc1ccc(C(=O)Oc2ccc(-c3ccc(C(C)OCCCCCCCCC)cc3)cc2)cc1. The summed E-state index contributed by atoms with van der Waals surface area (Å²) in [4.78, 5) is 12.8. The Balaban J connectivity index is 1.28. The number of hydrogen-bond donors (Lipinski definition) is 0. The number of unbranched alkanes of at least 4 members (excludes halogenated alkanes) is 18. The molecule has 1 unspecified atom stereocenters. The van der Waals surface area contributed by atoms with E-state index >= 15 is 0 Å². The van der Waals surface area contributed by atoms with Crippen molar-refractivity contribution < 1.29 is 19.0 Å². The van der Waals surface area contributed by atoms with Crippen molar-refractivity contribution in [2.75, 3.05) is 13.2 Å². The van der Waals surface area contributed by atoms with Gasteiger partial charge in [0.25, 0.3) is 0 Å². The quantitative estimate of drug-likeness (QED) is 0.0438. The molecule has 0 heterocycles. The van der Waals surface area contributed by atoms with E-state index in [2.05, 4.69) is 45.0 Å². The van der Waals surface area contributed by atoms with Gasteiger partial charge < -0.3 is 14.2 Å². The van der Waals surface area contributed by atoms with Gasteiger partial charge in [0.1, 0.15) is 11.5 Å². The zero-order valence-electron chi connectivity index (χ0n) is 31.2. The minimum Gasteiger partial charge on any atom is -0.494 e. The summed E-state index contributed by atoms with van der Waals surface area (Å²) in [7, 11) is 0. The van der Waals surface area contributed by atoms with Gasteiger partial charge in [0.05, 0.1) is 18.3 Å². The minimum absolute atomic E-state index is 0.0839. The normalized spacial score (nSPS) is 11.8. The Morgan fingerprint density at radius 3 is 1.39 bits per heavy atom. The number of esters is 1. The maximum atomic E-state index is 12.8. The number of ether oxygens (including phenoxy) is 3. The van der Waals surface area contributed by atoms with Crippen molar-refractivity contribution in [1.82, 2.24) is 0 Å². The summed E-state index contributed by atoms with van der Waals surface area (Å²) in [6.45, 7) is 8.19. The average Bonchev–Trinajstić information content (AvgIpc) is 3.13. The van der Waals surface area contributed by atoms with E-state index in [1.165, 1.54) is 121 Å². The maximum absolute atomic E-state index is 12.8. The predicted molar refractivity (Wildman–Crippen MR) is 207 cm³/mol. The molecule has 0 radical (unpaired) electrons. The molecule has 0 aliphatic heterocycles. The van der Waals surface area contributed by atoms with Crippen molar-refractivity contribution in [3.05, 3.63) is 83.9 Å². The van der Waals surface area contributed by atoms with Crippen LogP contribution in [0.4, 0.5) is 0 Å². The highest BCUT2D eigenvalue weighted by atomic mass is 16.5. The van der Waals surface area contributed by atoms with Crippen LogP contribution in [0.15, 0.2) is 72.8 Å². The lowest BCUT2D eigenvalue weighted by Crippen LogP contribution is -2.08. The average molecular weight is 671 g/mol. The molecule has 0 saturated carbocycles. The molecule has 0 spiro atoms. The second kappa shape index (κ2) is 25.8. The fraction of sp³-hybridized carbons (Fsp3) is 0.578. The Hall–Kier alpha value is -3.11. The van der Waals surface area contributed by atoms with E-state index in [0.29, 0.717) is 17.9 Å². The van der Waals surface area contributed by atoms with Gasteiger partial charge in [-0.25, -0.2) is 4.79 Å². The molecule has 0 aromatic heterocycles. The van der Waals surface area contributed by atoms with E-state index in [1.54, 1.807) is 12.1 Å². The van der Waals surface area contributed by atoms with Crippen molar-refractivity contribution in [1.29, 1.82) is 0 Å². The van der Waals surface area contributed by atoms with Crippen molar-refractivity contribution in [3.8, 4) is 22.6 Å². The molecule has 4 nitrogen and oxygen atoms in total. The molecule has 3 rings (SSSR count). The van der Waals surface area contributed by atoms with E-state index in [9.17, 15) is 4.79 Å². The van der Waals surface area contributed by atoms with Gasteiger partial charge in [-0.3, -0.25) is 0 Å². The van der Waals surface area contributed by atoms with Gasteiger partial charge in [0, 0.05) is 6.61 Å². The third kappa shape index (κ3) is 17.4. The van der Waals surface area contributed by atoms with E-state index in [4.69, 9.17) is 14.2 Å². The van der Waals surface area contributed by atoms with Crippen LogP contribution < -0.4 is 9.47 Å². The summed E-state index contributed by atoms with van der Waals surface area (Å²) in [5.74, 6) is 0.950. The first-order chi connectivity index (χ1) is 24.1. The van der Waals surface area contributed by atoms with Crippen LogP contribution in [0.3, 0.4) is 0 Å². The lowest BCUT2D eigenvalue weighted by atomic mass is 10.0. The van der Waals surface area contributed by atoms with E-state index < -0.39 is 0 Å². The second-order valence-corrected chi connectivity index (χ2v) is 13.8. The summed E-state index contributed by atoms with van der Waals surface area (Å²) < 4.78 is 17.7. The first kappa shape index (κ1) is 40.3. The van der Waals surface area contributed by atoms with Crippen LogP contribution in [0.1, 0.15) is 171 Å². The Morgan fingerprint density at radius 1 is 0.490 bits per heavy atom. The van der Waals surface area contributed by atoms with Crippen LogP contribution in [-0.4, -0.2) is 19.2 Å². The zero-order valence-corrected chi connectivity index (χ0v) is 31.2. The molecule has 4 heteroatoms. The van der Waals surface area contributed by atoms with E-state index in [0.717, 1.165) is 36.3 Å². The smallest absolute Gasteiger partial charge is 0.343 e. The standard InChI is InChI=1S/C45H66O4/c1-4-6-8-10-12-13-14-15-16-17-19-21-23-37-48-43-32-30-42(31-33-43)45(46)49-44-34-28-41(29-35-44)40-26-24-39(25-27-40)38(3)47-36-22-20-18-11-9-7-5-2/h24-35,38H,4-23,36-37H2,1-3H3. The lowest BCUT2D eigenvalue weighted by Gasteiger charge is -2.14. The van der Waals surface area contributed by atoms with Gasteiger partial charge >= 0.3 is 5.97 Å². The highest BCUT2D eigenvalue weighted by molar-refractivity contribution is 5.91. The molecule has 1 atom stereocenters.